The van der Waals surface area contributed by atoms with Crippen molar-refractivity contribution in [2.24, 2.45) is 0 Å². The number of carboxylic acid groups (broad SMARTS) is 1. The Morgan fingerprint density at radius 1 is 1.25 bits per heavy atom. The molecule has 20 heavy (non-hydrogen) atoms. The van der Waals surface area contributed by atoms with Crippen molar-refractivity contribution in [2.45, 2.75) is 24.8 Å². The van der Waals surface area contributed by atoms with E-state index in [1.807, 2.05) is 0 Å². The molecule has 112 valence electrons. The summed E-state index contributed by atoms with van der Waals surface area (Å²) in [7, 11) is 0. The number of benzene rings is 1. The highest BCUT2D eigenvalue weighted by atomic mass is 19.4. The van der Waals surface area contributed by atoms with Gasteiger partial charge in [-0.2, -0.15) is 13.2 Å². The molecule has 0 saturated heterocycles. The van der Waals surface area contributed by atoms with Crippen LogP contribution in [0.2, 0.25) is 0 Å². The van der Waals surface area contributed by atoms with Crippen molar-refractivity contribution in [2.75, 3.05) is 6.61 Å². The second-order valence-corrected chi connectivity index (χ2v) is 4.13. The molecule has 1 aromatic carbocycles. The number of alkyl halides is 3. The second kappa shape index (κ2) is 6.21. The third-order valence-electron chi connectivity index (χ3n) is 2.71. The maximum absolute atomic E-state index is 12.8. The molecule has 0 aromatic heterocycles. The van der Waals surface area contributed by atoms with Gasteiger partial charge in [-0.3, -0.25) is 0 Å². The topological polar surface area (TPSA) is 98.0 Å². The lowest BCUT2D eigenvalue weighted by Crippen LogP contribution is -2.21. The van der Waals surface area contributed by atoms with Crippen molar-refractivity contribution in [3.05, 3.63) is 34.9 Å². The van der Waals surface area contributed by atoms with Gasteiger partial charge in [0.15, 0.2) is 0 Å². The van der Waals surface area contributed by atoms with Crippen LogP contribution in [0.4, 0.5) is 13.2 Å². The second-order valence-electron chi connectivity index (χ2n) is 4.13. The lowest BCUT2D eigenvalue weighted by atomic mass is 9.97. The van der Waals surface area contributed by atoms with Gasteiger partial charge in [0.05, 0.1) is 17.2 Å². The molecule has 0 aliphatic rings. The lowest BCUT2D eigenvalue weighted by Gasteiger charge is -2.19. The van der Waals surface area contributed by atoms with Gasteiger partial charge in [-0.1, -0.05) is 6.07 Å². The number of hydrogen-bond acceptors (Lipinski definition) is 4. The molecule has 5 nitrogen and oxygen atoms in total. The molecular weight excluding hydrogens is 281 g/mol. The van der Waals surface area contributed by atoms with Crippen molar-refractivity contribution in [1.29, 1.82) is 0 Å². The highest BCUT2D eigenvalue weighted by molar-refractivity contribution is 5.89. The average molecular weight is 294 g/mol. The van der Waals surface area contributed by atoms with Crippen molar-refractivity contribution in [1.82, 2.24) is 0 Å². The van der Waals surface area contributed by atoms with Crippen LogP contribution >= 0.6 is 0 Å². The molecular formula is C12H13F3O5. The molecule has 0 fully saturated rings. The van der Waals surface area contributed by atoms with E-state index in [9.17, 15) is 28.2 Å². The van der Waals surface area contributed by atoms with Crippen LogP contribution in [0.5, 0.6) is 0 Å². The Morgan fingerprint density at radius 2 is 1.85 bits per heavy atom. The zero-order valence-corrected chi connectivity index (χ0v) is 10.1. The summed E-state index contributed by atoms with van der Waals surface area (Å²) in [4.78, 5) is 10.7. The maximum atomic E-state index is 12.8. The Kier molecular flexibility index (Phi) is 5.09. The molecule has 1 rings (SSSR count). The van der Waals surface area contributed by atoms with Gasteiger partial charge in [0.2, 0.25) is 0 Å². The van der Waals surface area contributed by atoms with E-state index in [4.69, 9.17) is 10.2 Å². The van der Waals surface area contributed by atoms with E-state index >= 15 is 0 Å². The van der Waals surface area contributed by atoms with Crippen LogP contribution < -0.4 is 0 Å². The van der Waals surface area contributed by atoms with E-state index in [2.05, 4.69) is 0 Å². The highest BCUT2D eigenvalue weighted by Crippen LogP contribution is 2.34. The van der Waals surface area contributed by atoms with Crippen molar-refractivity contribution in [3.63, 3.8) is 0 Å². The summed E-state index contributed by atoms with van der Waals surface area (Å²) in [6.07, 6.45) is -8.21. The Morgan fingerprint density at radius 3 is 2.30 bits per heavy atom. The summed E-state index contributed by atoms with van der Waals surface area (Å²) in [5, 5.41) is 36.4. The predicted molar refractivity (Wildman–Crippen MR) is 61.1 cm³/mol. The number of aliphatic hydroxyl groups excluding tert-OH is 3. The SMILES string of the molecule is O=C(O)c1ccc(C(O)C(O)CCO)cc1C(F)(F)F. The Balaban J connectivity index is 3.23. The summed E-state index contributed by atoms with van der Waals surface area (Å²) in [6, 6.07) is 2.19. The van der Waals surface area contributed by atoms with Crippen LogP contribution in [0.1, 0.15) is 34.0 Å². The van der Waals surface area contributed by atoms with E-state index in [0.29, 0.717) is 6.07 Å². The minimum absolute atomic E-state index is 0.219. The Bertz CT molecular complexity index is 486. The van der Waals surface area contributed by atoms with Gasteiger partial charge in [-0.15, -0.1) is 0 Å². The fourth-order valence-electron chi connectivity index (χ4n) is 1.68. The molecule has 1 aromatic rings. The zero-order chi connectivity index (χ0) is 15.5. The Hall–Kier alpha value is -1.64. The van der Waals surface area contributed by atoms with E-state index in [1.165, 1.54) is 0 Å². The van der Waals surface area contributed by atoms with Gasteiger partial charge in [0.1, 0.15) is 6.10 Å². The van der Waals surface area contributed by atoms with Crippen LogP contribution in [0.25, 0.3) is 0 Å². The number of hydrogen-bond donors (Lipinski definition) is 4. The van der Waals surface area contributed by atoms with Crippen LogP contribution in [0.3, 0.4) is 0 Å². The first-order chi connectivity index (χ1) is 9.18. The monoisotopic (exact) mass is 294 g/mol. The maximum Gasteiger partial charge on any atom is 0.417 e. The third kappa shape index (κ3) is 3.69. The summed E-state index contributed by atoms with van der Waals surface area (Å²) in [5.41, 5.74) is -2.62. The molecule has 0 bridgehead atoms. The fraction of sp³-hybridized carbons (Fsp3) is 0.417. The predicted octanol–water partition coefficient (Wildman–Crippen LogP) is 1.18. The zero-order valence-electron chi connectivity index (χ0n) is 10.1. The largest absolute Gasteiger partial charge is 0.478 e. The van der Waals surface area contributed by atoms with E-state index in [-0.39, 0.29) is 12.0 Å². The van der Waals surface area contributed by atoms with Crippen LogP contribution in [0, 0.1) is 0 Å². The van der Waals surface area contributed by atoms with Gasteiger partial charge < -0.3 is 20.4 Å². The molecule has 0 amide bonds. The van der Waals surface area contributed by atoms with Crippen molar-refractivity contribution >= 4 is 5.97 Å². The number of carboxylic acids is 1. The van der Waals surface area contributed by atoms with E-state index in [1.54, 1.807) is 0 Å². The standard InChI is InChI=1S/C12H13F3O5/c13-12(14,15)8-5-6(1-2-7(8)11(19)20)10(18)9(17)3-4-16/h1-2,5,9-10,16-18H,3-4H2,(H,19,20). The molecule has 2 atom stereocenters. The summed E-state index contributed by atoms with van der Waals surface area (Å²) in [5.74, 6) is -1.74. The quantitative estimate of drug-likeness (QED) is 0.654. The van der Waals surface area contributed by atoms with Crippen LogP contribution in [-0.4, -0.2) is 39.1 Å². The van der Waals surface area contributed by atoms with Gasteiger partial charge in [0.25, 0.3) is 0 Å². The minimum Gasteiger partial charge on any atom is -0.478 e. The molecule has 2 unspecified atom stereocenters. The molecule has 0 heterocycles. The number of halogens is 3. The number of carbonyl (C=O) groups is 1. The smallest absolute Gasteiger partial charge is 0.417 e. The molecule has 0 aliphatic heterocycles. The molecule has 0 spiro atoms. The van der Waals surface area contributed by atoms with Crippen molar-refractivity contribution < 1.29 is 38.4 Å². The number of aromatic carboxylic acids is 1. The summed E-state index contributed by atoms with van der Waals surface area (Å²) < 4.78 is 38.3. The summed E-state index contributed by atoms with van der Waals surface area (Å²) >= 11 is 0. The van der Waals surface area contributed by atoms with Crippen molar-refractivity contribution in [3.8, 4) is 0 Å². The highest BCUT2D eigenvalue weighted by Gasteiger charge is 2.36. The molecule has 0 saturated carbocycles. The summed E-state index contributed by atoms with van der Waals surface area (Å²) in [6.45, 7) is -0.447. The molecule has 4 N–H and O–H groups in total. The van der Waals surface area contributed by atoms with Gasteiger partial charge in [-0.05, 0) is 24.1 Å². The first kappa shape index (κ1) is 16.4. The number of rotatable bonds is 5. The normalized spacial score (nSPS) is 14.9. The minimum atomic E-state index is -4.90. The average Bonchev–Trinajstić information content (AvgIpc) is 2.36. The lowest BCUT2D eigenvalue weighted by molar-refractivity contribution is -0.138. The van der Waals surface area contributed by atoms with E-state index < -0.39 is 42.1 Å². The van der Waals surface area contributed by atoms with Crippen LogP contribution in [0.15, 0.2) is 18.2 Å². The Labute approximate surface area is 111 Å². The van der Waals surface area contributed by atoms with Gasteiger partial charge in [0, 0.05) is 6.61 Å². The van der Waals surface area contributed by atoms with Gasteiger partial charge in [-0.25, -0.2) is 4.79 Å². The molecule has 8 heteroatoms. The number of aliphatic hydroxyl groups is 3. The first-order valence-corrected chi connectivity index (χ1v) is 5.60. The third-order valence-corrected chi connectivity index (χ3v) is 2.71. The van der Waals surface area contributed by atoms with Gasteiger partial charge >= 0.3 is 12.1 Å². The van der Waals surface area contributed by atoms with Crippen LogP contribution in [-0.2, 0) is 6.18 Å². The fourth-order valence-corrected chi connectivity index (χ4v) is 1.68. The molecule has 0 radical (unpaired) electrons. The molecule has 0 aliphatic carbocycles. The first-order valence-electron chi connectivity index (χ1n) is 5.60. The van der Waals surface area contributed by atoms with E-state index in [0.717, 1.165) is 12.1 Å².